The molecule has 3 rings (SSSR count). The van der Waals surface area contributed by atoms with Crippen molar-refractivity contribution in [1.29, 1.82) is 0 Å². The van der Waals surface area contributed by atoms with Crippen molar-refractivity contribution in [3.05, 3.63) is 30.1 Å². The predicted octanol–water partition coefficient (Wildman–Crippen LogP) is 0.999. The molecule has 1 aromatic heterocycles. The topological polar surface area (TPSA) is 70.8 Å². The van der Waals surface area contributed by atoms with Crippen LogP contribution in [0, 0.1) is 0 Å². The van der Waals surface area contributed by atoms with E-state index in [0.717, 1.165) is 24.1 Å². The van der Waals surface area contributed by atoms with Crippen molar-refractivity contribution in [2.75, 3.05) is 19.6 Å². The summed E-state index contributed by atoms with van der Waals surface area (Å²) >= 11 is 0. The second-order valence-corrected chi connectivity index (χ2v) is 6.42. The van der Waals surface area contributed by atoms with E-state index in [1.807, 2.05) is 28.8 Å². The van der Waals surface area contributed by atoms with Gasteiger partial charge in [-0.25, -0.2) is 4.98 Å². The van der Waals surface area contributed by atoms with E-state index in [-0.39, 0.29) is 18.8 Å². The van der Waals surface area contributed by atoms with E-state index in [1.165, 1.54) is 0 Å². The van der Waals surface area contributed by atoms with E-state index in [9.17, 15) is 10.2 Å². The van der Waals surface area contributed by atoms with Crippen molar-refractivity contribution in [2.45, 2.75) is 45.3 Å². The number of hydrogen-bond acceptors (Lipinski definition) is 5. The van der Waals surface area contributed by atoms with Crippen LogP contribution in [0.4, 0.5) is 0 Å². The summed E-state index contributed by atoms with van der Waals surface area (Å²) in [4.78, 5) is 6.66. The van der Waals surface area contributed by atoms with Crippen molar-refractivity contribution < 1.29 is 14.9 Å². The Kier molecular flexibility index (Phi) is 4.96. The molecule has 23 heavy (non-hydrogen) atoms. The highest BCUT2D eigenvalue weighted by atomic mass is 16.5. The Bertz CT molecular complexity index is 648. The number of para-hydroxylation sites is 2. The van der Waals surface area contributed by atoms with E-state index >= 15 is 0 Å². The van der Waals surface area contributed by atoms with Gasteiger partial charge in [-0.05, 0) is 26.0 Å². The molecule has 1 saturated heterocycles. The smallest absolute Gasteiger partial charge is 0.135 e. The van der Waals surface area contributed by atoms with Crippen LogP contribution < -0.4 is 0 Å². The minimum Gasteiger partial charge on any atom is -0.390 e. The summed E-state index contributed by atoms with van der Waals surface area (Å²) in [6.07, 6.45) is -0.142. The number of imidazole rings is 1. The maximum atomic E-state index is 10.5. The van der Waals surface area contributed by atoms with Crippen LogP contribution in [-0.4, -0.2) is 62.6 Å². The first-order valence-corrected chi connectivity index (χ1v) is 8.17. The lowest BCUT2D eigenvalue weighted by atomic mass is 10.2. The number of morpholine rings is 1. The highest BCUT2D eigenvalue weighted by molar-refractivity contribution is 5.75. The van der Waals surface area contributed by atoms with Crippen LogP contribution in [0.25, 0.3) is 11.0 Å². The van der Waals surface area contributed by atoms with Gasteiger partial charge in [0.25, 0.3) is 0 Å². The lowest BCUT2D eigenvalue weighted by Gasteiger charge is -2.36. The lowest BCUT2D eigenvalue weighted by molar-refractivity contribution is -0.0772. The van der Waals surface area contributed by atoms with Crippen LogP contribution in [0.3, 0.4) is 0 Å². The molecule has 1 aliphatic heterocycles. The fraction of sp³-hybridized carbons (Fsp3) is 0.588. The van der Waals surface area contributed by atoms with Crippen LogP contribution >= 0.6 is 0 Å². The third-order valence-electron chi connectivity index (χ3n) is 4.23. The largest absolute Gasteiger partial charge is 0.390 e. The number of ether oxygens (including phenoxy) is 1. The number of nitrogens with zero attached hydrogens (tertiary/aromatic N) is 3. The van der Waals surface area contributed by atoms with Crippen molar-refractivity contribution in [1.82, 2.24) is 14.5 Å². The zero-order chi connectivity index (χ0) is 16.4. The number of benzene rings is 1. The number of β-amino-alcohol motifs (C(OH)–C–C–N with tert-alkyl or cyclic N) is 1. The minimum atomic E-state index is -0.518. The molecular formula is C17H25N3O3. The highest BCUT2D eigenvalue weighted by Gasteiger charge is 2.24. The van der Waals surface area contributed by atoms with E-state index in [2.05, 4.69) is 23.7 Å². The summed E-state index contributed by atoms with van der Waals surface area (Å²) in [5.41, 5.74) is 1.79. The number of rotatable bonds is 5. The van der Waals surface area contributed by atoms with E-state index in [1.54, 1.807) is 0 Å². The van der Waals surface area contributed by atoms with Gasteiger partial charge in [-0.2, -0.15) is 0 Å². The van der Waals surface area contributed by atoms with Crippen molar-refractivity contribution in [3.63, 3.8) is 0 Å². The molecule has 6 nitrogen and oxygen atoms in total. The number of aromatic nitrogens is 2. The first-order chi connectivity index (χ1) is 11.1. The van der Waals surface area contributed by atoms with Gasteiger partial charge in [-0.3, -0.25) is 4.90 Å². The third-order valence-corrected chi connectivity index (χ3v) is 4.23. The van der Waals surface area contributed by atoms with Gasteiger partial charge in [0.15, 0.2) is 0 Å². The van der Waals surface area contributed by atoms with Gasteiger partial charge < -0.3 is 19.5 Å². The van der Waals surface area contributed by atoms with Gasteiger partial charge in [-0.15, -0.1) is 0 Å². The number of aliphatic hydroxyl groups is 2. The predicted molar refractivity (Wildman–Crippen MR) is 88.1 cm³/mol. The second-order valence-electron chi connectivity index (χ2n) is 6.42. The average molecular weight is 319 g/mol. The highest BCUT2D eigenvalue weighted by Crippen LogP contribution is 2.17. The molecule has 1 fully saturated rings. The van der Waals surface area contributed by atoms with Crippen LogP contribution in [-0.2, 0) is 17.9 Å². The first kappa shape index (κ1) is 16.4. The fourth-order valence-electron chi connectivity index (χ4n) is 3.45. The van der Waals surface area contributed by atoms with Crippen molar-refractivity contribution in [2.24, 2.45) is 0 Å². The zero-order valence-electron chi connectivity index (χ0n) is 13.7. The Morgan fingerprint density at radius 3 is 2.61 bits per heavy atom. The summed E-state index contributed by atoms with van der Waals surface area (Å²) in [6.45, 7) is 6.67. The van der Waals surface area contributed by atoms with Crippen LogP contribution in [0.5, 0.6) is 0 Å². The Labute approximate surface area is 136 Å². The third kappa shape index (κ3) is 3.72. The second kappa shape index (κ2) is 6.97. The van der Waals surface area contributed by atoms with Gasteiger partial charge in [0.05, 0.1) is 35.9 Å². The first-order valence-electron chi connectivity index (χ1n) is 8.17. The summed E-state index contributed by atoms with van der Waals surface area (Å²) < 4.78 is 7.64. The molecular weight excluding hydrogens is 294 g/mol. The van der Waals surface area contributed by atoms with Gasteiger partial charge in [0.1, 0.15) is 12.4 Å². The molecule has 6 heteroatoms. The van der Waals surface area contributed by atoms with E-state index in [4.69, 9.17) is 4.74 Å². The Hall–Kier alpha value is -1.47. The molecule has 0 amide bonds. The zero-order valence-corrected chi connectivity index (χ0v) is 13.7. The maximum absolute atomic E-state index is 10.5. The molecule has 3 atom stereocenters. The summed E-state index contributed by atoms with van der Waals surface area (Å²) in [5.74, 6) is 0.592. The molecule has 0 bridgehead atoms. The molecule has 2 aromatic rings. The molecule has 0 spiro atoms. The van der Waals surface area contributed by atoms with Gasteiger partial charge in [0, 0.05) is 19.6 Å². The molecule has 1 aromatic carbocycles. The summed E-state index contributed by atoms with van der Waals surface area (Å²) in [6, 6.07) is 7.75. The molecule has 1 aliphatic rings. The quantitative estimate of drug-likeness (QED) is 0.860. The summed E-state index contributed by atoms with van der Waals surface area (Å²) in [7, 11) is 0. The SMILES string of the molecule is C[C@@H]1CN(C[C@@H](O)Cn2c(CO)nc3ccccc32)C[C@@H](C)O1. The molecule has 2 heterocycles. The Morgan fingerprint density at radius 2 is 1.91 bits per heavy atom. The van der Waals surface area contributed by atoms with Crippen LogP contribution in [0.2, 0.25) is 0 Å². The lowest BCUT2D eigenvalue weighted by Crippen LogP contribution is -2.48. The molecule has 2 N–H and O–H groups in total. The number of aliphatic hydroxyl groups excluding tert-OH is 2. The molecule has 0 aliphatic carbocycles. The van der Waals surface area contributed by atoms with Crippen LogP contribution in [0.15, 0.2) is 24.3 Å². The average Bonchev–Trinajstić information content (AvgIpc) is 2.84. The van der Waals surface area contributed by atoms with E-state index in [0.29, 0.717) is 18.9 Å². The Morgan fingerprint density at radius 1 is 1.22 bits per heavy atom. The van der Waals surface area contributed by atoms with Crippen LogP contribution in [0.1, 0.15) is 19.7 Å². The summed E-state index contributed by atoms with van der Waals surface area (Å²) in [5, 5.41) is 20.0. The van der Waals surface area contributed by atoms with Gasteiger partial charge in [0.2, 0.25) is 0 Å². The van der Waals surface area contributed by atoms with Crippen molar-refractivity contribution >= 4 is 11.0 Å². The minimum absolute atomic E-state index is 0.132. The standard InChI is InChI=1S/C17H25N3O3/c1-12-7-19(8-13(2)23-12)9-14(22)10-20-16-6-4-3-5-15(16)18-17(20)11-21/h3-6,12-14,21-22H,7-11H2,1-2H3/t12-,13-,14-/m1/s1. The monoisotopic (exact) mass is 319 g/mol. The normalized spacial score (nSPS) is 24.2. The Balaban J connectivity index is 1.71. The number of fused-ring (bicyclic) bond motifs is 1. The molecule has 0 unspecified atom stereocenters. The van der Waals surface area contributed by atoms with E-state index < -0.39 is 6.10 Å². The molecule has 0 radical (unpaired) electrons. The molecule has 0 saturated carbocycles. The van der Waals surface area contributed by atoms with Gasteiger partial charge >= 0.3 is 0 Å². The fourth-order valence-corrected chi connectivity index (χ4v) is 3.45. The number of hydrogen-bond donors (Lipinski definition) is 2. The van der Waals surface area contributed by atoms with Gasteiger partial charge in [-0.1, -0.05) is 12.1 Å². The van der Waals surface area contributed by atoms with Crippen molar-refractivity contribution in [3.8, 4) is 0 Å². The molecule has 126 valence electrons. The maximum Gasteiger partial charge on any atom is 0.135 e.